The molecule has 0 fully saturated rings. The Morgan fingerprint density at radius 3 is 2.94 bits per heavy atom. The SMILES string of the molecule is COC(C)CNc1ccc2cc(N)ccc2n1. The zero-order valence-electron chi connectivity index (χ0n) is 10.1. The molecule has 0 saturated carbocycles. The van der Waals surface area contributed by atoms with Gasteiger partial charge in [0.2, 0.25) is 0 Å². The third kappa shape index (κ3) is 2.85. The minimum Gasteiger partial charge on any atom is -0.399 e. The number of methoxy groups -OCH3 is 1. The van der Waals surface area contributed by atoms with E-state index in [2.05, 4.69) is 10.3 Å². The second-order valence-corrected chi connectivity index (χ2v) is 4.08. The summed E-state index contributed by atoms with van der Waals surface area (Å²) in [6, 6.07) is 9.67. The van der Waals surface area contributed by atoms with Crippen LogP contribution in [0.4, 0.5) is 11.5 Å². The number of ether oxygens (including phenoxy) is 1. The normalized spacial score (nSPS) is 12.6. The Morgan fingerprint density at radius 1 is 1.35 bits per heavy atom. The van der Waals surface area contributed by atoms with Crippen LogP contribution in [0.15, 0.2) is 30.3 Å². The molecule has 1 heterocycles. The molecule has 2 aromatic rings. The van der Waals surface area contributed by atoms with Gasteiger partial charge in [0.25, 0.3) is 0 Å². The van der Waals surface area contributed by atoms with Gasteiger partial charge in [0.15, 0.2) is 0 Å². The van der Waals surface area contributed by atoms with Gasteiger partial charge in [-0.1, -0.05) is 0 Å². The van der Waals surface area contributed by atoms with Gasteiger partial charge in [-0.15, -0.1) is 0 Å². The first-order valence-corrected chi connectivity index (χ1v) is 5.62. The molecule has 0 aliphatic heterocycles. The van der Waals surface area contributed by atoms with Crippen LogP contribution in [0.25, 0.3) is 10.9 Å². The first kappa shape index (κ1) is 11.7. The number of aromatic nitrogens is 1. The highest BCUT2D eigenvalue weighted by atomic mass is 16.5. The lowest BCUT2D eigenvalue weighted by Crippen LogP contribution is -2.18. The fourth-order valence-electron chi connectivity index (χ4n) is 1.57. The van der Waals surface area contributed by atoms with Crippen LogP contribution in [0.3, 0.4) is 0 Å². The Hall–Kier alpha value is -1.81. The minimum atomic E-state index is 0.166. The molecule has 1 aromatic carbocycles. The van der Waals surface area contributed by atoms with Gasteiger partial charge in [0.05, 0.1) is 11.6 Å². The van der Waals surface area contributed by atoms with Gasteiger partial charge < -0.3 is 15.8 Å². The van der Waals surface area contributed by atoms with Gasteiger partial charge in [-0.2, -0.15) is 0 Å². The number of fused-ring (bicyclic) bond motifs is 1. The summed E-state index contributed by atoms with van der Waals surface area (Å²) in [4.78, 5) is 4.50. The van der Waals surface area contributed by atoms with Crippen molar-refractivity contribution < 1.29 is 4.74 Å². The molecule has 1 unspecified atom stereocenters. The quantitative estimate of drug-likeness (QED) is 0.792. The van der Waals surface area contributed by atoms with Crippen molar-refractivity contribution in [1.82, 2.24) is 4.98 Å². The van der Waals surface area contributed by atoms with Crippen LogP contribution in [0.5, 0.6) is 0 Å². The van der Waals surface area contributed by atoms with E-state index in [-0.39, 0.29) is 6.10 Å². The molecule has 0 radical (unpaired) electrons. The first-order valence-electron chi connectivity index (χ1n) is 5.62. The zero-order valence-corrected chi connectivity index (χ0v) is 10.1. The average molecular weight is 231 g/mol. The maximum Gasteiger partial charge on any atom is 0.126 e. The van der Waals surface area contributed by atoms with Gasteiger partial charge >= 0.3 is 0 Å². The Morgan fingerprint density at radius 2 is 2.18 bits per heavy atom. The molecule has 1 aromatic heterocycles. The van der Waals surface area contributed by atoms with E-state index >= 15 is 0 Å². The summed E-state index contributed by atoms with van der Waals surface area (Å²) in [5.41, 5.74) is 7.41. The van der Waals surface area contributed by atoms with Gasteiger partial charge in [0, 0.05) is 24.7 Å². The number of rotatable bonds is 4. The molecule has 0 amide bonds. The summed E-state index contributed by atoms with van der Waals surface area (Å²) in [6.45, 7) is 2.75. The molecule has 0 aliphatic carbocycles. The van der Waals surface area contributed by atoms with Crippen LogP contribution in [-0.4, -0.2) is 24.7 Å². The third-order valence-corrected chi connectivity index (χ3v) is 2.69. The maximum absolute atomic E-state index is 5.72. The van der Waals surface area contributed by atoms with Crippen molar-refractivity contribution in [1.29, 1.82) is 0 Å². The van der Waals surface area contributed by atoms with Crippen molar-refractivity contribution in [3.8, 4) is 0 Å². The standard InChI is InChI=1S/C13H17N3O/c1-9(17-2)8-15-13-6-3-10-7-11(14)4-5-12(10)16-13/h3-7,9H,8,14H2,1-2H3,(H,15,16). The molecular weight excluding hydrogens is 214 g/mol. The average Bonchev–Trinajstić information content (AvgIpc) is 2.35. The molecule has 0 spiro atoms. The second kappa shape index (κ2) is 5.01. The highest BCUT2D eigenvalue weighted by molar-refractivity contribution is 5.83. The maximum atomic E-state index is 5.72. The smallest absolute Gasteiger partial charge is 0.126 e. The predicted molar refractivity (Wildman–Crippen MR) is 71.1 cm³/mol. The Bertz CT molecular complexity index is 513. The largest absolute Gasteiger partial charge is 0.399 e. The summed E-state index contributed by atoms with van der Waals surface area (Å²) in [7, 11) is 1.70. The van der Waals surface area contributed by atoms with Crippen molar-refractivity contribution >= 4 is 22.4 Å². The topological polar surface area (TPSA) is 60.2 Å². The number of anilines is 2. The highest BCUT2D eigenvalue weighted by Gasteiger charge is 2.01. The summed E-state index contributed by atoms with van der Waals surface area (Å²) < 4.78 is 5.17. The molecule has 0 aliphatic rings. The Kier molecular flexibility index (Phi) is 3.44. The van der Waals surface area contributed by atoms with Crippen LogP contribution in [0.2, 0.25) is 0 Å². The van der Waals surface area contributed by atoms with E-state index in [4.69, 9.17) is 10.5 Å². The van der Waals surface area contributed by atoms with Crippen molar-refractivity contribution in [2.24, 2.45) is 0 Å². The second-order valence-electron chi connectivity index (χ2n) is 4.08. The Labute approximate surface area is 101 Å². The molecule has 4 heteroatoms. The van der Waals surface area contributed by atoms with Crippen LogP contribution >= 0.6 is 0 Å². The molecule has 0 bridgehead atoms. The van der Waals surface area contributed by atoms with E-state index in [1.54, 1.807) is 7.11 Å². The van der Waals surface area contributed by atoms with Crippen molar-refractivity contribution in [3.63, 3.8) is 0 Å². The Balaban J connectivity index is 2.17. The van der Waals surface area contributed by atoms with Crippen LogP contribution in [0.1, 0.15) is 6.92 Å². The third-order valence-electron chi connectivity index (χ3n) is 2.69. The predicted octanol–water partition coefficient (Wildman–Crippen LogP) is 2.26. The monoisotopic (exact) mass is 231 g/mol. The van der Waals surface area contributed by atoms with E-state index in [0.29, 0.717) is 0 Å². The number of nitrogens with one attached hydrogen (secondary N) is 1. The molecule has 3 N–H and O–H groups in total. The van der Waals surface area contributed by atoms with Gasteiger partial charge in [0.1, 0.15) is 5.82 Å². The van der Waals surface area contributed by atoms with E-state index in [0.717, 1.165) is 29.0 Å². The molecular formula is C13H17N3O. The molecule has 90 valence electrons. The van der Waals surface area contributed by atoms with E-state index in [1.807, 2.05) is 37.3 Å². The van der Waals surface area contributed by atoms with Crippen molar-refractivity contribution in [2.75, 3.05) is 24.7 Å². The van der Waals surface area contributed by atoms with E-state index in [1.165, 1.54) is 0 Å². The highest BCUT2D eigenvalue weighted by Crippen LogP contribution is 2.17. The van der Waals surface area contributed by atoms with Crippen LogP contribution in [0, 0.1) is 0 Å². The molecule has 4 nitrogen and oxygen atoms in total. The number of hydrogen-bond acceptors (Lipinski definition) is 4. The fourth-order valence-corrected chi connectivity index (χ4v) is 1.57. The van der Waals surface area contributed by atoms with Crippen LogP contribution < -0.4 is 11.1 Å². The molecule has 2 rings (SSSR count). The van der Waals surface area contributed by atoms with Crippen LogP contribution in [-0.2, 0) is 4.74 Å². The number of nitrogens with two attached hydrogens (primary N) is 1. The summed E-state index contributed by atoms with van der Waals surface area (Å²) in [6.07, 6.45) is 0.166. The molecule has 0 saturated heterocycles. The number of pyridine rings is 1. The summed E-state index contributed by atoms with van der Waals surface area (Å²) >= 11 is 0. The lowest BCUT2D eigenvalue weighted by Gasteiger charge is -2.11. The van der Waals surface area contributed by atoms with Crippen molar-refractivity contribution in [2.45, 2.75) is 13.0 Å². The molecule has 17 heavy (non-hydrogen) atoms. The number of benzene rings is 1. The lowest BCUT2D eigenvalue weighted by molar-refractivity contribution is 0.128. The lowest BCUT2D eigenvalue weighted by atomic mass is 10.2. The van der Waals surface area contributed by atoms with Gasteiger partial charge in [-0.3, -0.25) is 0 Å². The number of nitrogen functional groups attached to an aromatic ring is 1. The van der Waals surface area contributed by atoms with Gasteiger partial charge in [-0.25, -0.2) is 4.98 Å². The zero-order chi connectivity index (χ0) is 12.3. The minimum absolute atomic E-state index is 0.166. The fraction of sp³-hybridized carbons (Fsp3) is 0.308. The number of nitrogens with zero attached hydrogens (tertiary/aromatic N) is 1. The summed E-state index contributed by atoms with van der Waals surface area (Å²) in [5, 5.41) is 4.29. The summed E-state index contributed by atoms with van der Waals surface area (Å²) in [5.74, 6) is 0.853. The first-order chi connectivity index (χ1) is 8.19. The molecule has 1 atom stereocenters. The van der Waals surface area contributed by atoms with Gasteiger partial charge in [-0.05, 0) is 37.3 Å². The number of hydrogen-bond donors (Lipinski definition) is 2. The van der Waals surface area contributed by atoms with E-state index < -0.39 is 0 Å². The van der Waals surface area contributed by atoms with Crippen molar-refractivity contribution in [3.05, 3.63) is 30.3 Å². The van der Waals surface area contributed by atoms with E-state index in [9.17, 15) is 0 Å².